The molecule has 0 aromatic heterocycles. The Morgan fingerprint density at radius 1 is 0.500 bits per heavy atom. The minimum absolute atomic E-state index is 0.137. The molecule has 0 bridgehead atoms. The highest BCUT2D eigenvalue weighted by molar-refractivity contribution is 6.01. The van der Waals surface area contributed by atoms with Crippen LogP contribution in [0.2, 0.25) is 0 Å². The van der Waals surface area contributed by atoms with E-state index >= 15 is 0 Å². The Hall–Kier alpha value is -6.96. The highest BCUT2D eigenvalue weighted by atomic mass is 16.6. The number of fused-ring (bicyclic) bond motifs is 4. The second kappa shape index (κ2) is 23.1. The van der Waals surface area contributed by atoms with E-state index in [0.717, 1.165) is 40.7 Å². The second-order valence-electron chi connectivity index (χ2n) is 20.8. The third-order valence-corrected chi connectivity index (χ3v) is 13.8. The van der Waals surface area contributed by atoms with Crippen molar-refractivity contribution >= 4 is 47.4 Å². The first-order valence-electron chi connectivity index (χ1n) is 24.6. The molecule has 8 rings (SSSR count). The van der Waals surface area contributed by atoms with E-state index < -0.39 is 21.7 Å². The maximum absolute atomic E-state index is 12.0. The molecule has 0 N–H and O–H groups in total. The number of rotatable bonds is 12. The van der Waals surface area contributed by atoms with Gasteiger partial charge in [0.1, 0.15) is 41.1 Å². The van der Waals surface area contributed by atoms with Gasteiger partial charge >= 0.3 is 35.8 Å². The lowest BCUT2D eigenvalue weighted by molar-refractivity contribution is -0.144. The van der Waals surface area contributed by atoms with Crippen molar-refractivity contribution < 1.29 is 66.8 Å². The Labute approximate surface area is 422 Å². The summed E-state index contributed by atoms with van der Waals surface area (Å²) in [4.78, 5) is 93.3. The molecular weight excluding hydrogens is 921 g/mol. The Morgan fingerprint density at radius 2 is 0.986 bits per heavy atom. The van der Waals surface area contributed by atoms with Gasteiger partial charge in [-0.15, -0.1) is 0 Å². The predicted molar refractivity (Wildman–Crippen MR) is 268 cm³/mol. The van der Waals surface area contributed by atoms with Gasteiger partial charge in [0, 0.05) is 47.1 Å². The lowest BCUT2D eigenvalue weighted by Gasteiger charge is -2.21. The van der Waals surface area contributed by atoms with Crippen LogP contribution in [0.25, 0.3) is 0 Å². The van der Waals surface area contributed by atoms with E-state index in [4.69, 9.17) is 28.4 Å². The zero-order chi connectivity index (χ0) is 53.3. The zero-order valence-electron chi connectivity index (χ0n) is 43.7. The minimum Gasteiger partial charge on any atom is -0.457 e. The molecule has 0 radical (unpaired) electrons. The van der Waals surface area contributed by atoms with E-state index in [9.17, 15) is 38.4 Å². The van der Waals surface area contributed by atoms with Crippen LogP contribution in [-0.4, -0.2) is 47.4 Å². The largest absolute Gasteiger partial charge is 0.457 e. The van der Waals surface area contributed by atoms with Gasteiger partial charge in [-0.1, -0.05) is 52.0 Å². The summed E-state index contributed by atoms with van der Waals surface area (Å²) in [6.07, 6.45) is 5.11. The predicted octanol–water partition coefficient (Wildman–Crippen LogP) is 11.0. The Kier molecular flexibility index (Phi) is 17.9. The number of benzene rings is 4. The number of Topliss-reactive ketones (excluding diaryl/α,β-unsaturated/α-hetero) is 2. The van der Waals surface area contributed by atoms with Gasteiger partial charge in [-0.2, -0.15) is 0 Å². The molecular formula is C58H68O14. The molecule has 14 heteroatoms. The number of carbonyl (C=O) groups is 8. The summed E-state index contributed by atoms with van der Waals surface area (Å²) in [6.45, 7) is 22.9. The SMILES string of the molecule is CCC(C)(C)C(=O)Oc1ccc2c(c1)CC(=O)O2.CCC(C)(C)C(=O)Oc1ccc2c(c1)COC2=O.CCC(C)(C)C(=O)Oc1cccc2c1CC(=O)C2.CCC(C)(C)C(=O)Oc1cccc2c1CCC2=O. The molecule has 0 amide bonds. The smallest absolute Gasteiger partial charge is 0.338 e. The van der Waals surface area contributed by atoms with Crippen LogP contribution in [-0.2, 0) is 65.8 Å². The van der Waals surface area contributed by atoms with Gasteiger partial charge in [-0.05, 0) is 142 Å². The average Bonchev–Trinajstić information content (AvgIpc) is 4.13. The van der Waals surface area contributed by atoms with Crippen LogP contribution in [0.5, 0.6) is 28.7 Å². The van der Waals surface area contributed by atoms with Gasteiger partial charge in [0.05, 0.1) is 33.6 Å². The summed E-state index contributed by atoms with van der Waals surface area (Å²) >= 11 is 0. The summed E-state index contributed by atoms with van der Waals surface area (Å²) < 4.78 is 31.5. The second-order valence-corrected chi connectivity index (χ2v) is 20.8. The molecule has 0 saturated heterocycles. The number of cyclic esters (lactones) is 1. The first-order chi connectivity index (χ1) is 33.7. The summed E-state index contributed by atoms with van der Waals surface area (Å²) in [5, 5.41) is 0. The van der Waals surface area contributed by atoms with Crippen LogP contribution in [0.3, 0.4) is 0 Å². The summed E-state index contributed by atoms with van der Waals surface area (Å²) in [7, 11) is 0. The fourth-order valence-electron chi connectivity index (χ4n) is 6.99. The molecule has 72 heavy (non-hydrogen) atoms. The average molecular weight is 989 g/mol. The van der Waals surface area contributed by atoms with Crippen LogP contribution >= 0.6 is 0 Å². The third kappa shape index (κ3) is 13.7. The van der Waals surface area contributed by atoms with Crippen LogP contribution < -0.4 is 23.7 Å². The Balaban J connectivity index is 0.000000178. The lowest BCUT2D eigenvalue weighted by Crippen LogP contribution is -2.28. The van der Waals surface area contributed by atoms with E-state index in [1.807, 2.05) is 95.2 Å². The Bertz CT molecular complexity index is 2750. The quantitative estimate of drug-likeness (QED) is 0.0961. The molecule has 14 nitrogen and oxygen atoms in total. The van der Waals surface area contributed by atoms with E-state index in [-0.39, 0.29) is 60.4 Å². The molecule has 4 aliphatic rings. The number of esters is 6. The number of carbonyl (C=O) groups excluding carboxylic acids is 8. The molecule has 0 fully saturated rings. The molecule has 0 atom stereocenters. The summed E-state index contributed by atoms with van der Waals surface area (Å²) in [5.74, 6) is 1.27. The number of hydrogen-bond acceptors (Lipinski definition) is 14. The maximum atomic E-state index is 12.0. The highest BCUT2D eigenvalue weighted by Gasteiger charge is 2.33. The fraction of sp³-hybridized carbons (Fsp3) is 0.448. The van der Waals surface area contributed by atoms with Gasteiger partial charge in [0.25, 0.3) is 0 Å². The van der Waals surface area contributed by atoms with Gasteiger partial charge in [-0.3, -0.25) is 33.6 Å². The monoisotopic (exact) mass is 988 g/mol. The van der Waals surface area contributed by atoms with E-state index in [1.54, 1.807) is 60.7 Å². The molecule has 2 heterocycles. The summed E-state index contributed by atoms with van der Waals surface area (Å²) in [5.41, 5.74) is 3.51. The van der Waals surface area contributed by atoms with Gasteiger partial charge in [0.2, 0.25) is 0 Å². The molecule has 0 saturated carbocycles. The maximum Gasteiger partial charge on any atom is 0.338 e. The molecule has 0 unspecified atom stereocenters. The van der Waals surface area contributed by atoms with Crippen molar-refractivity contribution in [1.29, 1.82) is 0 Å². The normalized spacial score (nSPS) is 14.3. The van der Waals surface area contributed by atoms with E-state index in [0.29, 0.717) is 78.4 Å². The minimum atomic E-state index is -0.509. The van der Waals surface area contributed by atoms with Crippen molar-refractivity contribution in [3.05, 3.63) is 112 Å². The summed E-state index contributed by atoms with van der Waals surface area (Å²) in [6, 6.07) is 20.8. The van der Waals surface area contributed by atoms with Crippen molar-refractivity contribution in [3.63, 3.8) is 0 Å². The first kappa shape index (κ1) is 56.0. The van der Waals surface area contributed by atoms with Crippen LogP contribution in [0.15, 0.2) is 72.8 Å². The zero-order valence-corrected chi connectivity index (χ0v) is 43.7. The number of hydrogen-bond donors (Lipinski definition) is 0. The lowest BCUT2D eigenvalue weighted by atomic mass is 9.90. The topological polar surface area (TPSA) is 192 Å². The van der Waals surface area contributed by atoms with E-state index in [2.05, 4.69) is 0 Å². The van der Waals surface area contributed by atoms with Crippen molar-refractivity contribution in [2.45, 2.75) is 147 Å². The Morgan fingerprint density at radius 3 is 1.53 bits per heavy atom. The molecule has 0 spiro atoms. The molecule has 2 aliphatic carbocycles. The van der Waals surface area contributed by atoms with Crippen LogP contribution in [0.4, 0.5) is 0 Å². The highest BCUT2D eigenvalue weighted by Crippen LogP contribution is 2.35. The van der Waals surface area contributed by atoms with Crippen molar-refractivity contribution in [3.8, 4) is 28.7 Å². The number of ketones is 2. The molecule has 384 valence electrons. The first-order valence-corrected chi connectivity index (χ1v) is 24.6. The molecule has 4 aromatic rings. The third-order valence-electron chi connectivity index (χ3n) is 13.8. The molecule has 4 aromatic carbocycles. The van der Waals surface area contributed by atoms with E-state index in [1.165, 1.54) is 0 Å². The standard InChI is InChI=1S/2C15H18O3.2C14H16O4/c1-4-15(2,3)14(17)18-13-7-5-6-10-8-11(16)9-12(10)13;1-4-15(2,3)14(17)18-13-7-5-6-10-11(13)8-9-12(10)16;1-4-14(2,3)13(16)18-10-5-6-11-9(7-10)8-17-12(11)15;1-4-14(2,3)13(16)17-10-5-6-11-9(7-10)8-12(15)18-11/h2*5-7H,4,8-9H2,1-3H3;2*5-7H,4,8H2,1-3H3. The number of ether oxygens (including phenoxy) is 6. The van der Waals surface area contributed by atoms with Gasteiger partial charge < -0.3 is 28.4 Å². The fourth-order valence-corrected chi connectivity index (χ4v) is 6.99. The van der Waals surface area contributed by atoms with Crippen LogP contribution in [0, 0.1) is 21.7 Å². The van der Waals surface area contributed by atoms with Crippen molar-refractivity contribution in [1.82, 2.24) is 0 Å². The van der Waals surface area contributed by atoms with Gasteiger partial charge in [-0.25, -0.2) is 4.79 Å². The van der Waals surface area contributed by atoms with Crippen molar-refractivity contribution in [2.24, 2.45) is 21.7 Å². The van der Waals surface area contributed by atoms with Crippen LogP contribution in [0.1, 0.15) is 164 Å². The van der Waals surface area contributed by atoms with Crippen molar-refractivity contribution in [2.75, 3.05) is 0 Å². The van der Waals surface area contributed by atoms with Gasteiger partial charge in [0.15, 0.2) is 5.78 Å². The molecule has 2 aliphatic heterocycles.